The van der Waals surface area contributed by atoms with Crippen molar-refractivity contribution in [3.8, 4) is 11.4 Å². The van der Waals surface area contributed by atoms with E-state index in [1.807, 2.05) is 0 Å². The highest BCUT2D eigenvalue weighted by Gasteiger charge is 2.24. The highest BCUT2D eigenvalue weighted by Crippen LogP contribution is 2.31. The molecule has 0 aliphatic heterocycles. The van der Waals surface area contributed by atoms with Crippen LogP contribution >= 0.6 is 22.9 Å². The lowest BCUT2D eigenvalue weighted by Crippen LogP contribution is -2.25. The van der Waals surface area contributed by atoms with E-state index < -0.39 is 17.4 Å². The van der Waals surface area contributed by atoms with Crippen molar-refractivity contribution in [1.29, 1.82) is 0 Å². The number of amides is 1. The Balaban J connectivity index is 1.90. The van der Waals surface area contributed by atoms with Gasteiger partial charge in [0, 0.05) is 16.8 Å². The van der Waals surface area contributed by atoms with Gasteiger partial charge in [-0.3, -0.25) is 9.59 Å². The maximum absolute atomic E-state index is 13.5. The number of ether oxygens (including phenoxy) is 2. The van der Waals surface area contributed by atoms with E-state index in [9.17, 15) is 14.4 Å². The van der Waals surface area contributed by atoms with Crippen LogP contribution in [0.25, 0.3) is 16.5 Å². The lowest BCUT2D eigenvalue weighted by Gasteiger charge is -2.11. The molecule has 10 heteroatoms. The molecule has 0 spiro atoms. The third kappa shape index (κ3) is 4.33. The number of nitrogens with zero attached hydrogens (tertiary/aromatic N) is 2. The number of carbonyl (C=O) groups excluding carboxylic acids is 2. The average molecular weight is 484 g/mol. The lowest BCUT2D eigenvalue weighted by molar-refractivity contribution is 0.0520. The Bertz CT molecular complexity index is 1430. The first-order valence-electron chi connectivity index (χ1n) is 9.86. The lowest BCUT2D eigenvalue weighted by atomic mass is 10.2. The number of benzene rings is 2. The highest BCUT2D eigenvalue weighted by molar-refractivity contribution is 7.16. The molecule has 0 aliphatic carbocycles. The molecule has 0 unspecified atom stereocenters. The van der Waals surface area contributed by atoms with Crippen LogP contribution in [-0.4, -0.2) is 35.4 Å². The number of nitrogens with one attached hydrogen (secondary N) is 1. The molecule has 2 heterocycles. The zero-order valence-electron chi connectivity index (χ0n) is 17.6. The molecule has 1 amide bonds. The molecular formula is C23H18ClN3O5S. The fourth-order valence-corrected chi connectivity index (χ4v) is 4.38. The first kappa shape index (κ1) is 22.5. The fraction of sp³-hybridized carbons (Fsp3) is 0.130. The number of hydrogen-bond donors (Lipinski definition) is 1. The van der Waals surface area contributed by atoms with Crippen LogP contribution in [0, 0.1) is 0 Å². The second-order valence-corrected chi connectivity index (χ2v) is 8.06. The van der Waals surface area contributed by atoms with Gasteiger partial charge in [0.25, 0.3) is 11.5 Å². The minimum absolute atomic E-state index is 0.0382. The Morgan fingerprint density at radius 2 is 1.97 bits per heavy atom. The van der Waals surface area contributed by atoms with Crippen molar-refractivity contribution < 1.29 is 19.1 Å². The van der Waals surface area contributed by atoms with Gasteiger partial charge in [-0.25, -0.2) is 4.79 Å². The summed E-state index contributed by atoms with van der Waals surface area (Å²) in [7, 11) is 1.50. The standard InChI is InChI=1S/C23H18ClN3O5S/c1-3-32-23(30)19-16-12-33-21(25-20(28)15-9-4-5-10-17(15)24)18(16)22(29)27(26-19)13-7-6-8-14(11-13)31-2/h4-12H,3H2,1-2H3,(H,25,28). The average Bonchev–Trinajstić information content (AvgIpc) is 3.23. The van der Waals surface area contributed by atoms with E-state index in [0.717, 1.165) is 16.0 Å². The molecule has 0 saturated carbocycles. The molecule has 0 radical (unpaired) electrons. The first-order chi connectivity index (χ1) is 15.9. The van der Waals surface area contributed by atoms with Crippen LogP contribution in [0.2, 0.25) is 5.02 Å². The van der Waals surface area contributed by atoms with E-state index in [0.29, 0.717) is 11.4 Å². The third-order valence-corrected chi connectivity index (χ3v) is 5.99. The van der Waals surface area contributed by atoms with E-state index in [2.05, 4.69) is 10.4 Å². The predicted molar refractivity (Wildman–Crippen MR) is 127 cm³/mol. The molecule has 33 heavy (non-hydrogen) atoms. The van der Waals surface area contributed by atoms with Gasteiger partial charge in [-0.2, -0.15) is 9.78 Å². The summed E-state index contributed by atoms with van der Waals surface area (Å²) in [5.74, 6) is -0.649. The molecule has 1 N–H and O–H groups in total. The smallest absolute Gasteiger partial charge is 0.359 e. The van der Waals surface area contributed by atoms with Gasteiger partial charge in [-0.05, 0) is 31.2 Å². The van der Waals surface area contributed by atoms with Crippen molar-refractivity contribution in [2.45, 2.75) is 6.92 Å². The Kier molecular flexibility index (Phi) is 6.43. The number of aromatic nitrogens is 2. The summed E-state index contributed by atoms with van der Waals surface area (Å²) in [6, 6.07) is 13.3. The van der Waals surface area contributed by atoms with Gasteiger partial charge in [-0.15, -0.1) is 11.3 Å². The van der Waals surface area contributed by atoms with Gasteiger partial charge in [0.15, 0.2) is 5.69 Å². The van der Waals surface area contributed by atoms with Crippen LogP contribution in [0.15, 0.2) is 58.7 Å². The zero-order valence-corrected chi connectivity index (χ0v) is 19.2. The molecule has 2 aromatic carbocycles. The molecule has 0 bridgehead atoms. The molecule has 0 atom stereocenters. The van der Waals surface area contributed by atoms with Gasteiger partial charge >= 0.3 is 5.97 Å². The molecule has 4 rings (SSSR count). The van der Waals surface area contributed by atoms with E-state index >= 15 is 0 Å². The van der Waals surface area contributed by atoms with E-state index in [-0.39, 0.29) is 38.7 Å². The summed E-state index contributed by atoms with van der Waals surface area (Å²) >= 11 is 7.24. The van der Waals surface area contributed by atoms with Crippen molar-refractivity contribution in [1.82, 2.24) is 9.78 Å². The summed E-state index contributed by atoms with van der Waals surface area (Å²) in [6.07, 6.45) is 0. The molecule has 2 aromatic heterocycles. The Labute approximate surface area is 197 Å². The highest BCUT2D eigenvalue weighted by atomic mass is 35.5. The molecule has 0 fully saturated rings. The number of methoxy groups -OCH3 is 1. The summed E-state index contributed by atoms with van der Waals surface area (Å²) in [4.78, 5) is 38.9. The van der Waals surface area contributed by atoms with Gasteiger partial charge < -0.3 is 14.8 Å². The number of fused-ring (bicyclic) bond motifs is 1. The Morgan fingerprint density at radius 3 is 2.70 bits per heavy atom. The van der Waals surface area contributed by atoms with Crippen molar-refractivity contribution >= 4 is 50.6 Å². The van der Waals surface area contributed by atoms with E-state index in [1.54, 1.807) is 60.8 Å². The van der Waals surface area contributed by atoms with Crippen molar-refractivity contribution in [2.24, 2.45) is 0 Å². The second kappa shape index (κ2) is 9.43. The minimum Gasteiger partial charge on any atom is -0.497 e. The summed E-state index contributed by atoms with van der Waals surface area (Å²) < 4.78 is 11.5. The number of rotatable bonds is 6. The normalized spacial score (nSPS) is 10.8. The molecule has 4 aromatic rings. The zero-order chi connectivity index (χ0) is 23.5. The second-order valence-electron chi connectivity index (χ2n) is 6.77. The van der Waals surface area contributed by atoms with Crippen LogP contribution in [-0.2, 0) is 4.74 Å². The number of thiophene rings is 1. The number of anilines is 1. The number of hydrogen-bond acceptors (Lipinski definition) is 7. The maximum atomic E-state index is 13.5. The Morgan fingerprint density at radius 1 is 1.18 bits per heavy atom. The first-order valence-corrected chi connectivity index (χ1v) is 11.1. The molecule has 0 saturated heterocycles. The van der Waals surface area contributed by atoms with Crippen molar-refractivity contribution in [3.63, 3.8) is 0 Å². The molecule has 168 valence electrons. The van der Waals surface area contributed by atoms with Crippen LogP contribution < -0.4 is 15.6 Å². The fourth-order valence-electron chi connectivity index (χ4n) is 3.22. The van der Waals surface area contributed by atoms with Crippen molar-refractivity contribution in [3.05, 3.63) is 80.5 Å². The summed E-state index contributed by atoms with van der Waals surface area (Å²) in [5, 5.41) is 9.58. The topological polar surface area (TPSA) is 99.5 Å². The molecule has 8 nitrogen and oxygen atoms in total. The van der Waals surface area contributed by atoms with Crippen molar-refractivity contribution in [2.75, 3.05) is 19.0 Å². The molecule has 0 aliphatic rings. The molecular weight excluding hydrogens is 466 g/mol. The van der Waals surface area contributed by atoms with Crippen LogP contribution in [0.5, 0.6) is 5.75 Å². The van der Waals surface area contributed by atoms with E-state index in [4.69, 9.17) is 21.1 Å². The monoisotopic (exact) mass is 483 g/mol. The summed E-state index contributed by atoms with van der Waals surface area (Å²) in [5.41, 5.74) is 0.0978. The van der Waals surface area contributed by atoms with Crippen LogP contribution in [0.1, 0.15) is 27.8 Å². The van der Waals surface area contributed by atoms with Crippen LogP contribution in [0.4, 0.5) is 5.00 Å². The quantitative estimate of drug-likeness (QED) is 0.404. The number of halogens is 1. The van der Waals surface area contributed by atoms with Gasteiger partial charge in [0.05, 0.1) is 35.4 Å². The largest absolute Gasteiger partial charge is 0.497 e. The van der Waals surface area contributed by atoms with Gasteiger partial charge in [-0.1, -0.05) is 29.8 Å². The number of carbonyl (C=O) groups is 2. The third-order valence-electron chi connectivity index (χ3n) is 4.76. The van der Waals surface area contributed by atoms with E-state index in [1.165, 1.54) is 7.11 Å². The maximum Gasteiger partial charge on any atom is 0.359 e. The SMILES string of the molecule is CCOC(=O)c1nn(-c2cccc(OC)c2)c(=O)c2c(NC(=O)c3ccccc3Cl)scc12. The van der Waals surface area contributed by atoms with Gasteiger partial charge in [0.2, 0.25) is 0 Å². The summed E-state index contributed by atoms with van der Waals surface area (Å²) in [6.45, 7) is 1.82. The predicted octanol–water partition coefficient (Wildman–Crippen LogP) is 4.54. The van der Waals surface area contributed by atoms with Crippen LogP contribution in [0.3, 0.4) is 0 Å². The van der Waals surface area contributed by atoms with Gasteiger partial charge in [0.1, 0.15) is 10.8 Å². The number of esters is 1. The Hall–Kier alpha value is -3.69. The minimum atomic E-state index is -0.680.